The Morgan fingerprint density at radius 3 is 2.53 bits per heavy atom. The first-order valence-electron chi connectivity index (χ1n) is 6.37. The molecule has 1 aliphatic rings. The van der Waals surface area contributed by atoms with Gasteiger partial charge in [-0.05, 0) is 39.0 Å². The molecule has 3 unspecified atom stereocenters. The predicted molar refractivity (Wildman–Crippen MR) is 69.7 cm³/mol. The van der Waals surface area contributed by atoms with E-state index >= 15 is 0 Å². The fraction of sp³-hybridized carbons (Fsp3) is 1.00. The van der Waals surface area contributed by atoms with Crippen LogP contribution in [0, 0.1) is 0 Å². The van der Waals surface area contributed by atoms with Crippen molar-refractivity contribution in [2.24, 2.45) is 5.73 Å². The number of nitrogens with two attached hydrogens (primary N) is 1. The van der Waals surface area contributed by atoms with Crippen LogP contribution in [-0.4, -0.2) is 38.2 Å². The summed E-state index contributed by atoms with van der Waals surface area (Å²) in [7, 11) is -2.94. The van der Waals surface area contributed by atoms with Gasteiger partial charge in [-0.25, -0.2) is 8.42 Å². The molecule has 0 aromatic heterocycles. The van der Waals surface area contributed by atoms with Gasteiger partial charge in [0.05, 0.1) is 17.0 Å². The minimum absolute atomic E-state index is 0.0389. The maximum Gasteiger partial charge on any atom is 0.150 e. The molecule has 2 N–H and O–H groups in total. The standard InChI is InChI=1S/C12H25NO3S/c1-4-12(2,9-13)16-10-6-5-7-11(8-10)17(3,14)15/h10-11H,4-9,13H2,1-3H3. The van der Waals surface area contributed by atoms with Crippen molar-refractivity contribution in [1.82, 2.24) is 0 Å². The zero-order valence-electron chi connectivity index (χ0n) is 11.1. The first-order chi connectivity index (χ1) is 7.80. The van der Waals surface area contributed by atoms with Crippen molar-refractivity contribution in [3.8, 4) is 0 Å². The molecule has 17 heavy (non-hydrogen) atoms. The number of hydrogen-bond acceptors (Lipinski definition) is 4. The minimum Gasteiger partial charge on any atom is -0.371 e. The highest BCUT2D eigenvalue weighted by Gasteiger charge is 2.33. The molecule has 0 amide bonds. The Bertz CT molecular complexity index is 336. The van der Waals surface area contributed by atoms with Crippen LogP contribution in [0.5, 0.6) is 0 Å². The van der Waals surface area contributed by atoms with Crippen LogP contribution in [0.2, 0.25) is 0 Å². The van der Waals surface area contributed by atoms with E-state index in [0.717, 1.165) is 25.7 Å². The largest absolute Gasteiger partial charge is 0.371 e. The zero-order valence-corrected chi connectivity index (χ0v) is 11.9. The monoisotopic (exact) mass is 263 g/mol. The summed E-state index contributed by atoms with van der Waals surface area (Å²) in [6, 6.07) is 0. The molecule has 5 heteroatoms. The third-order valence-corrected chi connectivity index (χ3v) is 5.45. The van der Waals surface area contributed by atoms with E-state index in [1.165, 1.54) is 6.26 Å². The molecule has 3 atom stereocenters. The van der Waals surface area contributed by atoms with Crippen molar-refractivity contribution in [2.45, 2.75) is 62.9 Å². The van der Waals surface area contributed by atoms with Crippen LogP contribution >= 0.6 is 0 Å². The molecule has 0 radical (unpaired) electrons. The first-order valence-corrected chi connectivity index (χ1v) is 8.33. The highest BCUT2D eigenvalue weighted by atomic mass is 32.2. The van der Waals surface area contributed by atoms with E-state index in [0.29, 0.717) is 13.0 Å². The van der Waals surface area contributed by atoms with Crippen LogP contribution in [0.4, 0.5) is 0 Å². The van der Waals surface area contributed by atoms with Crippen LogP contribution < -0.4 is 5.73 Å². The molecule has 0 aromatic carbocycles. The van der Waals surface area contributed by atoms with Crippen molar-refractivity contribution >= 4 is 9.84 Å². The van der Waals surface area contributed by atoms with Gasteiger partial charge in [-0.1, -0.05) is 6.92 Å². The smallest absolute Gasteiger partial charge is 0.150 e. The molecule has 102 valence electrons. The highest BCUT2D eigenvalue weighted by Crippen LogP contribution is 2.29. The van der Waals surface area contributed by atoms with Crippen molar-refractivity contribution in [2.75, 3.05) is 12.8 Å². The lowest BCUT2D eigenvalue weighted by atomic mass is 9.95. The van der Waals surface area contributed by atoms with Gasteiger partial charge in [0.15, 0.2) is 0 Å². The Balaban J connectivity index is 2.62. The van der Waals surface area contributed by atoms with Gasteiger partial charge in [0.1, 0.15) is 9.84 Å². The SMILES string of the molecule is CCC(C)(CN)OC1CCCC(S(C)(=O)=O)C1. The summed E-state index contributed by atoms with van der Waals surface area (Å²) in [5, 5.41) is -0.236. The van der Waals surface area contributed by atoms with E-state index in [1.54, 1.807) is 0 Å². The van der Waals surface area contributed by atoms with Crippen LogP contribution in [0.1, 0.15) is 46.0 Å². The van der Waals surface area contributed by atoms with Crippen molar-refractivity contribution in [1.29, 1.82) is 0 Å². The molecule has 0 bridgehead atoms. The first kappa shape index (κ1) is 14.9. The van der Waals surface area contributed by atoms with Crippen molar-refractivity contribution in [3.05, 3.63) is 0 Å². The van der Waals surface area contributed by atoms with Gasteiger partial charge in [-0.15, -0.1) is 0 Å². The second-order valence-corrected chi connectivity index (χ2v) is 7.69. The van der Waals surface area contributed by atoms with E-state index in [9.17, 15) is 8.42 Å². The minimum atomic E-state index is -2.94. The number of hydrogen-bond donors (Lipinski definition) is 1. The van der Waals surface area contributed by atoms with Gasteiger partial charge >= 0.3 is 0 Å². The van der Waals surface area contributed by atoms with Gasteiger partial charge in [-0.2, -0.15) is 0 Å². The second kappa shape index (κ2) is 5.67. The predicted octanol–water partition coefficient (Wildman–Crippen LogP) is 1.49. The molecule has 0 spiro atoms. The van der Waals surface area contributed by atoms with Crippen LogP contribution in [0.25, 0.3) is 0 Å². The fourth-order valence-electron chi connectivity index (χ4n) is 2.28. The molecule has 4 nitrogen and oxygen atoms in total. The maximum atomic E-state index is 11.6. The number of rotatable bonds is 5. The lowest BCUT2D eigenvalue weighted by Crippen LogP contribution is -2.43. The molecule has 0 heterocycles. The lowest BCUT2D eigenvalue weighted by Gasteiger charge is -2.36. The Labute approximate surface area is 105 Å². The molecular weight excluding hydrogens is 238 g/mol. The maximum absolute atomic E-state index is 11.6. The van der Waals surface area contributed by atoms with Crippen LogP contribution in [-0.2, 0) is 14.6 Å². The number of ether oxygens (including phenoxy) is 1. The van der Waals surface area contributed by atoms with E-state index in [-0.39, 0.29) is 17.0 Å². The molecular formula is C12H25NO3S. The van der Waals surface area contributed by atoms with Gasteiger partial charge in [-0.3, -0.25) is 0 Å². The molecule has 0 aromatic rings. The zero-order chi connectivity index (χ0) is 13.1. The average molecular weight is 263 g/mol. The summed E-state index contributed by atoms with van der Waals surface area (Å²) in [5.41, 5.74) is 5.40. The lowest BCUT2D eigenvalue weighted by molar-refractivity contribution is -0.0906. The highest BCUT2D eigenvalue weighted by molar-refractivity contribution is 7.91. The third-order valence-electron chi connectivity index (χ3n) is 3.81. The van der Waals surface area contributed by atoms with Crippen molar-refractivity contribution in [3.63, 3.8) is 0 Å². The Hall–Kier alpha value is -0.130. The Kier molecular flexibility index (Phi) is 4.98. The van der Waals surface area contributed by atoms with E-state index < -0.39 is 9.84 Å². The summed E-state index contributed by atoms with van der Waals surface area (Å²) in [4.78, 5) is 0. The van der Waals surface area contributed by atoms with Gasteiger partial charge < -0.3 is 10.5 Å². The Morgan fingerprint density at radius 2 is 2.06 bits per heavy atom. The third kappa shape index (κ3) is 4.23. The molecule has 1 saturated carbocycles. The molecule has 1 rings (SSSR count). The molecule has 1 fully saturated rings. The fourth-order valence-corrected chi connectivity index (χ4v) is 3.44. The van der Waals surface area contributed by atoms with Crippen molar-refractivity contribution < 1.29 is 13.2 Å². The summed E-state index contributed by atoms with van der Waals surface area (Å²) in [6.07, 6.45) is 5.47. The van der Waals surface area contributed by atoms with E-state index in [1.807, 2.05) is 13.8 Å². The summed E-state index contributed by atoms with van der Waals surface area (Å²) in [5.74, 6) is 0. The molecule has 1 aliphatic carbocycles. The van der Waals surface area contributed by atoms with Crippen LogP contribution in [0.15, 0.2) is 0 Å². The van der Waals surface area contributed by atoms with E-state index in [4.69, 9.17) is 10.5 Å². The summed E-state index contributed by atoms with van der Waals surface area (Å²) >= 11 is 0. The quantitative estimate of drug-likeness (QED) is 0.816. The van der Waals surface area contributed by atoms with Gasteiger partial charge in [0, 0.05) is 12.8 Å². The number of sulfone groups is 1. The molecule has 0 saturated heterocycles. The van der Waals surface area contributed by atoms with E-state index in [2.05, 4.69) is 0 Å². The normalized spacial score (nSPS) is 29.9. The topological polar surface area (TPSA) is 69.4 Å². The second-order valence-electron chi connectivity index (χ2n) is 5.37. The Morgan fingerprint density at radius 1 is 1.41 bits per heavy atom. The summed E-state index contributed by atoms with van der Waals surface area (Å²) < 4.78 is 29.1. The summed E-state index contributed by atoms with van der Waals surface area (Å²) in [6.45, 7) is 4.52. The van der Waals surface area contributed by atoms with Crippen LogP contribution in [0.3, 0.4) is 0 Å². The molecule has 0 aliphatic heterocycles. The van der Waals surface area contributed by atoms with Gasteiger partial charge in [0.2, 0.25) is 0 Å². The van der Waals surface area contributed by atoms with Gasteiger partial charge in [0.25, 0.3) is 0 Å². The average Bonchev–Trinajstić information content (AvgIpc) is 2.28.